The predicted molar refractivity (Wildman–Crippen MR) is 64.8 cm³/mol. The molecule has 2 aromatic rings. The third kappa shape index (κ3) is 3.07. The van der Waals surface area contributed by atoms with Gasteiger partial charge in [-0.2, -0.15) is 0 Å². The summed E-state index contributed by atoms with van der Waals surface area (Å²) in [6.45, 7) is 0.664. The van der Waals surface area contributed by atoms with Gasteiger partial charge < -0.3 is 14.4 Å². The number of aryl methyl sites for hydroxylation is 1. The first-order valence-electron chi connectivity index (χ1n) is 5.58. The maximum Gasteiger partial charge on any atom is 0.119 e. The number of aromatic nitrogens is 2. The largest absolute Gasteiger partial charge is 0.493 e. The third-order valence-electron chi connectivity index (χ3n) is 2.62. The maximum atomic E-state index is 8.91. The van der Waals surface area contributed by atoms with Crippen LogP contribution in [0.5, 0.6) is 5.75 Å². The Balaban J connectivity index is 1.83. The van der Waals surface area contributed by atoms with Crippen LogP contribution in [-0.2, 0) is 20.1 Å². The molecule has 4 heteroatoms. The molecule has 0 radical (unpaired) electrons. The summed E-state index contributed by atoms with van der Waals surface area (Å²) in [4.78, 5) is 4.22. The number of aliphatic hydroxyl groups is 1. The van der Waals surface area contributed by atoms with E-state index in [9.17, 15) is 0 Å². The van der Waals surface area contributed by atoms with E-state index in [4.69, 9.17) is 9.84 Å². The third-order valence-corrected chi connectivity index (χ3v) is 2.62. The van der Waals surface area contributed by atoms with Crippen LogP contribution in [0.1, 0.15) is 11.4 Å². The van der Waals surface area contributed by atoms with E-state index in [2.05, 4.69) is 4.98 Å². The molecule has 1 aromatic carbocycles. The lowest BCUT2D eigenvalue weighted by atomic mass is 10.2. The molecule has 0 aliphatic carbocycles. The van der Waals surface area contributed by atoms with Crippen LogP contribution >= 0.6 is 0 Å². The Kier molecular flexibility index (Phi) is 3.77. The Morgan fingerprint density at radius 1 is 1.29 bits per heavy atom. The average Bonchev–Trinajstić information content (AvgIpc) is 2.76. The molecule has 0 saturated carbocycles. The highest BCUT2D eigenvalue weighted by atomic mass is 16.5. The molecule has 0 aliphatic heterocycles. The highest BCUT2D eigenvalue weighted by molar-refractivity contribution is 5.26. The number of rotatable bonds is 5. The highest BCUT2D eigenvalue weighted by Crippen LogP contribution is 2.12. The lowest BCUT2D eigenvalue weighted by molar-refractivity contribution is 0.281. The second-order valence-electron chi connectivity index (χ2n) is 3.85. The molecule has 4 nitrogen and oxygen atoms in total. The summed E-state index contributed by atoms with van der Waals surface area (Å²) < 4.78 is 7.58. The highest BCUT2D eigenvalue weighted by Gasteiger charge is 2.00. The zero-order valence-corrected chi connectivity index (χ0v) is 9.84. The van der Waals surface area contributed by atoms with Crippen molar-refractivity contribution in [3.8, 4) is 5.75 Å². The van der Waals surface area contributed by atoms with Gasteiger partial charge in [-0.25, -0.2) is 4.98 Å². The first-order chi connectivity index (χ1) is 8.29. The zero-order chi connectivity index (χ0) is 12.1. The molecule has 0 bridgehead atoms. The normalized spacial score (nSPS) is 10.5. The standard InChI is InChI=1S/C13H16N2O2/c1-15-8-7-14-13(15)6-9-17-12-4-2-11(10-16)3-5-12/h2-5,7-8,16H,6,9-10H2,1H3. The molecule has 0 unspecified atom stereocenters. The van der Waals surface area contributed by atoms with Crippen LogP contribution in [-0.4, -0.2) is 21.3 Å². The van der Waals surface area contributed by atoms with Crippen molar-refractivity contribution in [2.75, 3.05) is 6.61 Å². The van der Waals surface area contributed by atoms with Gasteiger partial charge in [0.15, 0.2) is 0 Å². The Morgan fingerprint density at radius 3 is 2.65 bits per heavy atom. The average molecular weight is 232 g/mol. The van der Waals surface area contributed by atoms with Crippen LogP contribution in [0.3, 0.4) is 0 Å². The summed E-state index contributed by atoms with van der Waals surface area (Å²) in [7, 11) is 1.97. The Labute approximate surface area is 100 Å². The molecular weight excluding hydrogens is 216 g/mol. The number of hydrogen-bond acceptors (Lipinski definition) is 3. The van der Waals surface area contributed by atoms with E-state index >= 15 is 0 Å². The van der Waals surface area contributed by atoms with E-state index in [1.807, 2.05) is 42.1 Å². The van der Waals surface area contributed by atoms with Gasteiger partial charge in [-0.05, 0) is 17.7 Å². The van der Waals surface area contributed by atoms with Crippen LogP contribution in [0.2, 0.25) is 0 Å². The lowest BCUT2D eigenvalue weighted by Gasteiger charge is -2.06. The number of ether oxygens (including phenoxy) is 1. The molecule has 0 saturated heterocycles. The van der Waals surface area contributed by atoms with Crippen molar-refractivity contribution in [3.05, 3.63) is 48.0 Å². The minimum atomic E-state index is 0.0630. The van der Waals surface area contributed by atoms with Crippen LogP contribution in [0.4, 0.5) is 0 Å². The minimum absolute atomic E-state index is 0.0630. The SMILES string of the molecule is Cn1ccnc1CCOc1ccc(CO)cc1. The van der Waals surface area contributed by atoms with Crippen molar-refractivity contribution < 1.29 is 9.84 Å². The minimum Gasteiger partial charge on any atom is -0.493 e. The molecule has 0 amide bonds. The van der Waals surface area contributed by atoms with Crippen molar-refractivity contribution >= 4 is 0 Å². The summed E-state index contributed by atoms with van der Waals surface area (Å²) in [6.07, 6.45) is 4.49. The first kappa shape index (κ1) is 11.7. The van der Waals surface area contributed by atoms with Crippen LogP contribution in [0.15, 0.2) is 36.7 Å². The van der Waals surface area contributed by atoms with E-state index in [1.54, 1.807) is 6.20 Å². The topological polar surface area (TPSA) is 47.3 Å². The summed E-state index contributed by atoms with van der Waals surface area (Å²) in [5.74, 6) is 1.83. The first-order valence-corrected chi connectivity index (χ1v) is 5.58. The molecule has 17 heavy (non-hydrogen) atoms. The number of hydrogen-bond donors (Lipinski definition) is 1. The summed E-state index contributed by atoms with van der Waals surface area (Å²) >= 11 is 0. The van der Waals surface area contributed by atoms with Crippen LogP contribution < -0.4 is 4.74 Å². The van der Waals surface area contributed by atoms with Crippen molar-refractivity contribution in [3.63, 3.8) is 0 Å². The summed E-state index contributed by atoms with van der Waals surface area (Å²) in [5.41, 5.74) is 0.890. The second kappa shape index (κ2) is 5.50. The number of aliphatic hydroxyl groups excluding tert-OH is 1. The molecule has 0 fully saturated rings. The van der Waals surface area contributed by atoms with E-state index < -0.39 is 0 Å². The molecule has 2 rings (SSSR count). The van der Waals surface area contributed by atoms with Gasteiger partial charge in [-0.15, -0.1) is 0 Å². The van der Waals surface area contributed by atoms with Gasteiger partial charge in [0, 0.05) is 25.9 Å². The molecule has 1 aromatic heterocycles. The molecular formula is C13H16N2O2. The molecule has 0 atom stereocenters. The van der Waals surface area contributed by atoms with Gasteiger partial charge in [-0.1, -0.05) is 12.1 Å². The maximum absolute atomic E-state index is 8.91. The van der Waals surface area contributed by atoms with Crippen molar-refractivity contribution in [2.45, 2.75) is 13.0 Å². The fraction of sp³-hybridized carbons (Fsp3) is 0.308. The number of benzene rings is 1. The van der Waals surface area contributed by atoms with Gasteiger partial charge in [0.05, 0.1) is 13.2 Å². The Morgan fingerprint density at radius 2 is 2.06 bits per heavy atom. The fourth-order valence-electron chi connectivity index (χ4n) is 1.59. The van der Waals surface area contributed by atoms with E-state index in [0.717, 1.165) is 23.6 Å². The molecule has 0 spiro atoms. The van der Waals surface area contributed by atoms with Crippen molar-refractivity contribution in [1.29, 1.82) is 0 Å². The monoisotopic (exact) mass is 232 g/mol. The van der Waals surface area contributed by atoms with Gasteiger partial charge >= 0.3 is 0 Å². The van der Waals surface area contributed by atoms with Gasteiger partial charge in [0.1, 0.15) is 11.6 Å². The fourth-order valence-corrected chi connectivity index (χ4v) is 1.59. The molecule has 1 N–H and O–H groups in total. The summed E-state index contributed by atoms with van der Waals surface area (Å²) in [5, 5.41) is 8.91. The molecule has 1 heterocycles. The van der Waals surface area contributed by atoms with Gasteiger partial charge in [-0.3, -0.25) is 0 Å². The molecule has 0 aliphatic rings. The molecule has 90 valence electrons. The van der Waals surface area contributed by atoms with Gasteiger partial charge in [0.25, 0.3) is 0 Å². The number of imidazole rings is 1. The predicted octanol–water partition coefficient (Wildman–Crippen LogP) is 1.53. The lowest BCUT2D eigenvalue weighted by Crippen LogP contribution is -2.06. The van der Waals surface area contributed by atoms with E-state index in [0.29, 0.717) is 6.61 Å². The van der Waals surface area contributed by atoms with Crippen LogP contribution in [0, 0.1) is 0 Å². The second-order valence-corrected chi connectivity index (χ2v) is 3.85. The number of nitrogens with zero attached hydrogens (tertiary/aromatic N) is 2. The Hall–Kier alpha value is -1.81. The quantitative estimate of drug-likeness (QED) is 0.850. The van der Waals surface area contributed by atoms with Crippen molar-refractivity contribution in [2.24, 2.45) is 7.05 Å². The van der Waals surface area contributed by atoms with E-state index in [-0.39, 0.29) is 6.61 Å². The van der Waals surface area contributed by atoms with E-state index in [1.165, 1.54) is 0 Å². The van der Waals surface area contributed by atoms with Crippen molar-refractivity contribution in [1.82, 2.24) is 9.55 Å². The Bertz CT molecular complexity index is 463. The summed E-state index contributed by atoms with van der Waals surface area (Å²) in [6, 6.07) is 7.44. The smallest absolute Gasteiger partial charge is 0.119 e. The zero-order valence-electron chi connectivity index (χ0n) is 9.84. The van der Waals surface area contributed by atoms with Crippen LogP contribution in [0.25, 0.3) is 0 Å². The van der Waals surface area contributed by atoms with Gasteiger partial charge in [0.2, 0.25) is 0 Å².